The van der Waals surface area contributed by atoms with Crippen LogP contribution in [0.25, 0.3) is 17.0 Å². The van der Waals surface area contributed by atoms with E-state index < -0.39 is 0 Å². The maximum absolute atomic E-state index is 4.66. The molecule has 0 amide bonds. The Bertz CT molecular complexity index is 985. The van der Waals surface area contributed by atoms with Crippen molar-refractivity contribution in [2.24, 2.45) is 0 Å². The Labute approximate surface area is 149 Å². The summed E-state index contributed by atoms with van der Waals surface area (Å²) in [6.07, 6.45) is 10.1. The van der Waals surface area contributed by atoms with Crippen molar-refractivity contribution in [3.8, 4) is 11.4 Å². The monoisotopic (exact) mass is 348 g/mol. The van der Waals surface area contributed by atoms with E-state index in [0.29, 0.717) is 6.04 Å². The van der Waals surface area contributed by atoms with Gasteiger partial charge < -0.3 is 4.40 Å². The van der Waals surface area contributed by atoms with E-state index in [4.69, 9.17) is 0 Å². The smallest absolute Gasteiger partial charge is 0.192 e. The topological polar surface area (TPSA) is 60.9 Å². The Morgan fingerprint density at radius 3 is 2.88 bits per heavy atom. The number of fused-ring (bicyclic) bond motifs is 1. The second kappa shape index (κ2) is 6.00. The number of imidazole rings is 1. The summed E-state index contributed by atoms with van der Waals surface area (Å²) >= 11 is 1.69. The molecule has 0 aromatic carbocycles. The summed E-state index contributed by atoms with van der Waals surface area (Å²) in [4.78, 5) is 8.87. The second-order valence-electron chi connectivity index (χ2n) is 6.14. The molecule has 7 heteroatoms. The molecule has 1 fully saturated rings. The first kappa shape index (κ1) is 14.7. The van der Waals surface area contributed by atoms with Gasteiger partial charge in [0.15, 0.2) is 11.0 Å². The highest BCUT2D eigenvalue weighted by atomic mass is 32.2. The van der Waals surface area contributed by atoms with Gasteiger partial charge in [0.1, 0.15) is 5.65 Å². The largest absolute Gasteiger partial charge is 0.307 e. The molecule has 1 aliphatic rings. The molecular formula is C18H16N6S. The lowest BCUT2D eigenvalue weighted by molar-refractivity contribution is 0.669. The van der Waals surface area contributed by atoms with Crippen LogP contribution in [0.5, 0.6) is 0 Å². The van der Waals surface area contributed by atoms with Gasteiger partial charge in [0.2, 0.25) is 0 Å². The average molecular weight is 348 g/mol. The Morgan fingerprint density at radius 1 is 1.12 bits per heavy atom. The Hall–Kier alpha value is -2.67. The number of hydrogen-bond donors (Lipinski definition) is 0. The van der Waals surface area contributed by atoms with Crippen molar-refractivity contribution in [2.75, 3.05) is 0 Å². The summed E-state index contributed by atoms with van der Waals surface area (Å²) in [5.41, 5.74) is 3.03. The minimum Gasteiger partial charge on any atom is -0.307 e. The number of nitrogens with zero attached hydrogens (tertiary/aromatic N) is 6. The fourth-order valence-corrected chi connectivity index (χ4v) is 3.81. The van der Waals surface area contributed by atoms with Gasteiger partial charge in [0, 0.05) is 42.1 Å². The maximum atomic E-state index is 4.66. The molecule has 0 bridgehead atoms. The van der Waals surface area contributed by atoms with Crippen molar-refractivity contribution in [3.05, 3.63) is 60.8 Å². The third-order valence-electron chi connectivity index (χ3n) is 4.26. The van der Waals surface area contributed by atoms with Gasteiger partial charge in [-0.3, -0.25) is 9.55 Å². The fraction of sp³-hybridized carbons (Fsp3) is 0.222. The van der Waals surface area contributed by atoms with Crippen LogP contribution in [0, 0.1) is 0 Å². The van der Waals surface area contributed by atoms with Crippen LogP contribution in [-0.4, -0.2) is 29.1 Å². The normalized spacial score (nSPS) is 14.2. The molecule has 5 rings (SSSR count). The summed E-state index contributed by atoms with van der Waals surface area (Å²) in [5, 5.41) is 9.82. The third kappa shape index (κ3) is 2.80. The number of hydrogen-bond acceptors (Lipinski definition) is 5. The lowest BCUT2D eigenvalue weighted by Gasteiger charge is -2.07. The molecule has 4 aromatic rings. The molecule has 0 atom stereocenters. The first-order chi connectivity index (χ1) is 12.4. The summed E-state index contributed by atoms with van der Waals surface area (Å²) in [6.45, 7) is 0. The molecule has 0 spiro atoms. The molecule has 6 nitrogen and oxygen atoms in total. The molecule has 4 heterocycles. The molecule has 0 N–H and O–H groups in total. The van der Waals surface area contributed by atoms with E-state index in [0.717, 1.165) is 33.6 Å². The highest BCUT2D eigenvalue weighted by molar-refractivity contribution is 7.98. The van der Waals surface area contributed by atoms with Crippen LogP contribution in [0.15, 0.2) is 60.3 Å². The summed E-state index contributed by atoms with van der Waals surface area (Å²) in [6, 6.07) is 10.5. The van der Waals surface area contributed by atoms with Crippen LogP contribution in [-0.2, 0) is 5.75 Å². The van der Waals surface area contributed by atoms with Crippen molar-refractivity contribution in [1.29, 1.82) is 0 Å². The Morgan fingerprint density at radius 2 is 2.08 bits per heavy atom. The van der Waals surface area contributed by atoms with E-state index in [9.17, 15) is 0 Å². The molecule has 1 saturated carbocycles. The fourth-order valence-electron chi connectivity index (χ4n) is 2.92. The second-order valence-corrected chi connectivity index (χ2v) is 7.08. The minimum atomic E-state index is 0.508. The lowest BCUT2D eigenvalue weighted by atomic mass is 10.3. The van der Waals surface area contributed by atoms with Crippen LogP contribution >= 0.6 is 11.8 Å². The SMILES string of the molecule is c1cncc(-c2nnc(SCc3cn4ccccc4n3)n2C2CC2)c1. The Kier molecular flexibility index (Phi) is 3.52. The molecule has 0 saturated heterocycles. The minimum absolute atomic E-state index is 0.508. The number of aromatic nitrogens is 6. The molecule has 4 aromatic heterocycles. The van der Waals surface area contributed by atoms with E-state index >= 15 is 0 Å². The van der Waals surface area contributed by atoms with Crippen LogP contribution in [0.2, 0.25) is 0 Å². The molecule has 0 unspecified atom stereocenters. The lowest BCUT2D eigenvalue weighted by Crippen LogP contribution is -2.00. The van der Waals surface area contributed by atoms with Crippen molar-refractivity contribution < 1.29 is 0 Å². The van der Waals surface area contributed by atoms with Crippen LogP contribution in [0.3, 0.4) is 0 Å². The van der Waals surface area contributed by atoms with Gasteiger partial charge in [-0.2, -0.15) is 0 Å². The average Bonchev–Trinajstić information content (AvgIpc) is 3.27. The van der Waals surface area contributed by atoms with Crippen LogP contribution in [0.1, 0.15) is 24.6 Å². The first-order valence-electron chi connectivity index (χ1n) is 8.29. The highest BCUT2D eigenvalue weighted by Gasteiger charge is 2.30. The quantitative estimate of drug-likeness (QED) is 0.516. The predicted molar refractivity (Wildman–Crippen MR) is 96.3 cm³/mol. The van der Waals surface area contributed by atoms with Gasteiger partial charge in [-0.25, -0.2) is 4.98 Å². The molecule has 1 aliphatic carbocycles. The summed E-state index contributed by atoms with van der Waals surface area (Å²) in [7, 11) is 0. The molecule has 0 radical (unpaired) electrons. The van der Waals surface area contributed by atoms with Crippen molar-refractivity contribution in [3.63, 3.8) is 0 Å². The van der Waals surface area contributed by atoms with Gasteiger partial charge in [-0.05, 0) is 37.1 Å². The number of pyridine rings is 2. The van der Waals surface area contributed by atoms with Crippen molar-refractivity contribution in [1.82, 2.24) is 29.1 Å². The van der Waals surface area contributed by atoms with Crippen LogP contribution in [0.4, 0.5) is 0 Å². The van der Waals surface area contributed by atoms with Gasteiger partial charge in [0.05, 0.1) is 5.69 Å². The van der Waals surface area contributed by atoms with Gasteiger partial charge in [-0.15, -0.1) is 10.2 Å². The first-order valence-corrected chi connectivity index (χ1v) is 9.28. The number of thioether (sulfide) groups is 1. The van der Waals surface area contributed by atoms with Crippen molar-refractivity contribution >= 4 is 17.4 Å². The van der Waals surface area contributed by atoms with Crippen LogP contribution < -0.4 is 0 Å². The summed E-state index contributed by atoms with van der Waals surface area (Å²) in [5.74, 6) is 1.69. The van der Waals surface area contributed by atoms with E-state index in [1.54, 1.807) is 18.0 Å². The molecule has 124 valence electrons. The molecule has 0 aliphatic heterocycles. The number of rotatable bonds is 5. The molecular weight excluding hydrogens is 332 g/mol. The molecule has 25 heavy (non-hydrogen) atoms. The van der Waals surface area contributed by atoms with Gasteiger partial charge in [0.25, 0.3) is 0 Å². The highest BCUT2D eigenvalue weighted by Crippen LogP contribution is 2.41. The van der Waals surface area contributed by atoms with E-state index in [-0.39, 0.29) is 0 Å². The Balaban J connectivity index is 1.43. The summed E-state index contributed by atoms with van der Waals surface area (Å²) < 4.78 is 4.31. The zero-order valence-electron chi connectivity index (χ0n) is 13.5. The van der Waals surface area contributed by atoms with Gasteiger partial charge in [-0.1, -0.05) is 17.8 Å². The van der Waals surface area contributed by atoms with E-state index in [2.05, 4.69) is 30.9 Å². The van der Waals surface area contributed by atoms with E-state index in [1.165, 1.54) is 12.8 Å². The predicted octanol–water partition coefficient (Wildman–Crippen LogP) is 3.62. The zero-order valence-corrected chi connectivity index (χ0v) is 14.3. The standard InChI is InChI=1S/C18H16N6S/c1-2-9-23-11-14(20-16(23)5-1)12-25-18-22-21-17(24(18)15-6-7-15)13-4-3-8-19-10-13/h1-5,8-11,15H,6-7,12H2. The van der Waals surface area contributed by atoms with Gasteiger partial charge >= 0.3 is 0 Å². The van der Waals surface area contributed by atoms with E-state index in [1.807, 2.05) is 47.1 Å². The maximum Gasteiger partial charge on any atom is 0.192 e. The zero-order chi connectivity index (χ0) is 16.6. The third-order valence-corrected chi connectivity index (χ3v) is 5.24. The van der Waals surface area contributed by atoms with Crippen molar-refractivity contribution in [2.45, 2.75) is 29.8 Å².